The van der Waals surface area contributed by atoms with E-state index in [4.69, 9.17) is 5.73 Å². The summed E-state index contributed by atoms with van der Waals surface area (Å²) in [5.41, 5.74) is 8.21. The van der Waals surface area contributed by atoms with Crippen molar-refractivity contribution in [1.82, 2.24) is 15.0 Å². The number of aromatic amines is 1. The molecule has 0 radical (unpaired) electrons. The number of thioether (sulfide) groups is 1. The molecule has 0 aliphatic carbocycles. The standard InChI is InChI=1S/C12H14N4OS/c13-5-9-15-11-10(12(17)16-9)8-2-4-18-3-1-7(8)6-14-11/h6H,1-5,13H2,(H,14,15,16,17). The number of aromatic nitrogens is 3. The largest absolute Gasteiger partial charge is 0.324 e. The average Bonchev–Trinajstić information content (AvgIpc) is 2.63. The lowest BCUT2D eigenvalue weighted by atomic mass is 10.0. The lowest BCUT2D eigenvalue weighted by Gasteiger charge is -2.08. The number of hydrogen-bond donors (Lipinski definition) is 2. The number of pyridine rings is 1. The molecular formula is C12H14N4OS. The molecule has 1 aliphatic rings. The number of nitrogens with two attached hydrogens (primary N) is 1. The maximum Gasteiger partial charge on any atom is 0.260 e. The Hall–Kier alpha value is -1.40. The molecule has 2 aromatic rings. The summed E-state index contributed by atoms with van der Waals surface area (Å²) in [6.07, 6.45) is 3.74. The molecule has 0 saturated carbocycles. The van der Waals surface area contributed by atoms with Crippen LogP contribution >= 0.6 is 11.8 Å². The van der Waals surface area contributed by atoms with Crippen LogP contribution in [0.25, 0.3) is 11.0 Å². The Balaban J connectivity index is 2.31. The van der Waals surface area contributed by atoms with Gasteiger partial charge in [-0.1, -0.05) is 0 Å². The van der Waals surface area contributed by atoms with Crippen molar-refractivity contribution in [2.24, 2.45) is 5.73 Å². The minimum atomic E-state index is -0.114. The zero-order valence-corrected chi connectivity index (χ0v) is 10.7. The number of nitrogens with zero attached hydrogens (tertiary/aromatic N) is 2. The molecule has 3 heterocycles. The van der Waals surface area contributed by atoms with E-state index in [9.17, 15) is 4.79 Å². The molecule has 0 aromatic carbocycles. The third-order valence-corrected chi connectivity index (χ3v) is 4.17. The topological polar surface area (TPSA) is 84.7 Å². The Labute approximate surface area is 108 Å². The Bertz CT molecular complexity index is 652. The molecule has 1 aliphatic heterocycles. The average molecular weight is 262 g/mol. The van der Waals surface area contributed by atoms with Gasteiger partial charge in [-0.25, -0.2) is 9.97 Å². The predicted octanol–water partition coefficient (Wildman–Crippen LogP) is 0.609. The van der Waals surface area contributed by atoms with Crippen LogP contribution in [0.2, 0.25) is 0 Å². The molecule has 0 spiro atoms. The van der Waals surface area contributed by atoms with Gasteiger partial charge in [0.25, 0.3) is 5.56 Å². The molecule has 3 rings (SSSR count). The van der Waals surface area contributed by atoms with Crippen LogP contribution in [0.4, 0.5) is 0 Å². The molecule has 6 heteroatoms. The SMILES string of the molecule is NCc1nc2ncc3c(c2c(=O)[nH]1)CCSCC3. The van der Waals surface area contributed by atoms with E-state index in [1.54, 1.807) is 0 Å². The highest BCUT2D eigenvalue weighted by Gasteiger charge is 2.16. The second-order valence-electron chi connectivity index (χ2n) is 4.29. The van der Waals surface area contributed by atoms with Gasteiger partial charge in [0.15, 0.2) is 5.65 Å². The molecule has 0 atom stereocenters. The summed E-state index contributed by atoms with van der Waals surface area (Å²) in [7, 11) is 0. The second kappa shape index (κ2) is 4.70. The Morgan fingerprint density at radius 2 is 2.22 bits per heavy atom. The van der Waals surface area contributed by atoms with Gasteiger partial charge in [-0.15, -0.1) is 0 Å². The fourth-order valence-corrected chi connectivity index (χ4v) is 3.22. The van der Waals surface area contributed by atoms with Crippen LogP contribution in [0.1, 0.15) is 17.0 Å². The van der Waals surface area contributed by atoms with E-state index in [0.29, 0.717) is 16.9 Å². The van der Waals surface area contributed by atoms with Gasteiger partial charge in [0.1, 0.15) is 5.82 Å². The number of nitrogens with one attached hydrogen (secondary N) is 1. The molecular weight excluding hydrogens is 248 g/mol. The van der Waals surface area contributed by atoms with E-state index in [2.05, 4.69) is 15.0 Å². The molecule has 18 heavy (non-hydrogen) atoms. The molecule has 0 fully saturated rings. The minimum Gasteiger partial charge on any atom is -0.324 e. The fraction of sp³-hybridized carbons (Fsp3) is 0.417. The molecule has 94 valence electrons. The van der Waals surface area contributed by atoms with Crippen LogP contribution in [-0.2, 0) is 19.4 Å². The van der Waals surface area contributed by atoms with Crippen LogP contribution < -0.4 is 11.3 Å². The van der Waals surface area contributed by atoms with E-state index in [-0.39, 0.29) is 12.1 Å². The van der Waals surface area contributed by atoms with Crippen LogP contribution in [0.15, 0.2) is 11.0 Å². The summed E-state index contributed by atoms with van der Waals surface area (Å²) in [5.74, 6) is 2.62. The number of fused-ring (bicyclic) bond motifs is 3. The zero-order valence-electron chi connectivity index (χ0n) is 9.90. The summed E-state index contributed by atoms with van der Waals surface area (Å²) in [6, 6.07) is 0. The maximum absolute atomic E-state index is 12.1. The fourth-order valence-electron chi connectivity index (χ4n) is 2.31. The molecule has 5 nitrogen and oxygen atoms in total. The number of hydrogen-bond acceptors (Lipinski definition) is 5. The van der Waals surface area contributed by atoms with Gasteiger partial charge >= 0.3 is 0 Å². The second-order valence-corrected chi connectivity index (χ2v) is 5.51. The highest BCUT2D eigenvalue weighted by Crippen LogP contribution is 2.23. The smallest absolute Gasteiger partial charge is 0.260 e. The van der Waals surface area contributed by atoms with Crippen molar-refractivity contribution in [2.45, 2.75) is 19.4 Å². The molecule has 2 aromatic heterocycles. The van der Waals surface area contributed by atoms with Crippen molar-refractivity contribution in [3.63, 3.8) is 0 Å². The van der Waals surface area contributed by atoms with Crippen LogP contribution in [-0.4, -0.2) is 26.5 Å². The van der Waals surface area contributed by atoms with E-state index in [0.717, 1.165) is 29.9 Å². The summed E-state index contributed by atoms with van der Waals surface area (Å²) >= 11 is 1.91. The van der Waals surface area contributed by atoms with E-state index < -0.39 is 0 Å². The van der Waals surface area contributed by atoms with Gasteiger partial charge in [-0.3, -0.25) is 4.79 Å². The van der Waals surface area contributed by atoms with E-state index in [1.165, 1.54) is 5.56 Å². The van der Waals surface area contributed by atoms with Gasteiger partial charge in [0.05, 0.1) is 11.9 Å². The lowest BCUT2D eigenvalue weighted by molar-refractivity contribution is 0.902. The predicted molar refractivity (Wildman–Crippen MR) is 72.8 cm³/mol. The summed E-state index contributed by atoms with van der Waals surface area (Å²) in [6.45, 7) is 0.222. The molecule has 3 N–H and O–H groups in total. The van der Waals surface area contributed by atoms with Gasteiger partial charge in [-0.2, -0.15) is 11.8 Å². The van der Waals surface area contributed by atoms with Crippen molar-refractivity contribution >= 4 is 22.8 Å². The highest BCUT2D eigenvalue weighted by molar-refractivity contribution is 7.99. The summed E-state index contributed by atoms with van der Waals surface area (Å²) in [4.78, 5) is 23.5. The third kappa shape index (κ3) is 1.91. The van der Waals surface area contributed by atoms with Gasteiger partial charge in [0, 0.05) is 6.20 Å². The van der Waals surface area contributed by atoms with E-state index in [1.807, 2.05) is 18.0 Å². The van der Waals surface area contributed by atoms with Crippen molar-refractivity contribution in [2.75, 3.05) is 11.5 Å². The lowest BCUT2D eigenvalue weighted by Crippen LogP contribution is -2.17. The first-order chi connectivity index (χ1) is 8.79. The Kier molecular flexibility index (Phi) is 3.05. The maximum atomic E-state index is 12.1. The third-order valence-electron chi connectivity index (χ3n) is 3.19. The van der Waals surface area contributed by atoms with Crippen molar-refractivity contribution in [3.8, 4) is 0 Å². The quantitative estimate of drug-likeness (QED) is 0.786. The van der Waals surface area contributed by atoms with Crippen molar-refractivity contribution < 1.29 is 0 Å². The first-order valence-corrected chi connectivity index (χ1v) is 7.12. The normalized spacial score (nSPS) is 15.4. The van der Waals surface area contributed by atoms with Gasteiger partial charge < -0.3 is 10.7 Å². The Morgan fingerprint density at radius 3 is 3.06 bits per heavy atom. The molecule has 0 saturated heterocycles. The summed E-state index contributed by atoms with van der Waals surface area (Å²) in [5, 5.41) is 0.646. The van der Waals surface area contributed by atoms with E-state index >= 15 is 0 Å². The first-order valence-electron chi connectivity index (χ1n) is 5.97. The van der Waals surface area contributed by atoms with Crippen LogP contribution in [0.3, 0.4) is 0 Å². The van der Waals surface area contributed by atoms with Crippen molar-refractivity contribution in [1.29, 1.82) is 0 Å². The first kappa shape index (κ1) is 11.7. The number of aryl methyl sites for hydroxylation is 2. The number of rotatable bonds is 1. The van der Waals surface area contributed by atoms with Gasteiger partial charge in [-0.05, 0) is 35.5 Å². The monoisotopic (exact) mass is 262 g/mol. The zero-order chi connectivity index (χ0) is 12.5. The molecule has 0 bridgehead atoms. The molecule has 0 unspecified atom stereocenters. The van der Waals surface area contributed by atoms with Crippen LogP contribution in [0, 0.1) is 0 Å². The number of H-pyrrole nitrogens is 1. The Morgan fingerprint density at radius 1 is 1.39 bits per heavy atom. The minimum absolute atomic E-state index is 0.114. The van der Waals surface area contributed by atoms with Crippen molar-refractivity contribution in [3.05, 3.63) is 33.5 Å². The summed E-state index contributed by atoms with van der Waals surface area (Å²) < 4.78 is 0. The van der Waals surface area contributed by atoms with Crippen LogP contribution in [0.5, 0.6) is 0 Å². The molecule has 0 amide bonds. The highest BCUT2D eigenvalue weighted by atomic mass is 32.2. The van der Waals surface area contributed by atoms with Gasteiger partial charge in [0.2, 0.25) is 0 Å².